The predicted molar refractivity (Wildman–Crippen MR) is 120 cm³/mol. The minimum absolute atomic E-state index is 0.413. The SMILES string of the molecule is COc1ccc(-c2nc3cc(C)ccc3o2)cc1NC(=O)Nc1cc(Cl)ccc1C. The Morgan fingerprint density at radius 2 is 1.80 bits per heavy atom. The number of anilines is 2. The van der Waals surface area contributed by atoms with Crippen molar-refractivity contribution in [3.63, 3.8) is 0 Å². The molecule has 152 valence electrons. The summed E-state index contributed by atoms with van der Waals surface area (Å²) in [5.74, 6) is 0.982. The van der Waals surface area contributed by atoms with E-state index < -0.39 is 6.03 Å². The van der Waals surface area contributed by atoms with Crippen LogP contribution in [0.1, 0.15) is 11.1 Å². The van der Waals surface area contributed by atoms with Crippen molar-refractivity contribution in [2.24, 2.45) is 0 Å². The maximum absolute atomic E-state index is 12.6. The standard InChI is InChI=1S/C23H20ClN3O3/c1-13-4-8-21-18(10-13)25-22(30-21)15-6-9-20(29-3)19(11-15)27-23(28)26-17-12-16(24)7-5-14(17)2/h4-12H,1-3H3,(H2,26,27,28). The van der Waals surface area contributed by atoms with Crippen molar-refractivity contribution in [1.82, 2.24) is 4.98 Å². The molecule has 1 heterocycles. The molecule has 6 nitrogen and oxygen atoms in total. The number of amides is 2. The fourth-order valence-electron chi connectivity index (χ4n) is 3.10. The van der Waals surface area contributed by atoms with E-state index in [9.17, 15) is 4.79 Å². The summed E-state index contributed by atoms with van der Waals surface area (Å²) < 4.78 is 11.3. The van der Waals surface area contributed by atoms with E-state index in [0.29, 0.717) is 33.6 Å². The first-order valence-electron chi connectivity index (χ1n) is 9.33. The Morgan fingerprint density at radius 1 is 1.00 bits per heavy atom. The number of methoxy groups -OCH3 is 1. The summed E-state index contributed by atoms with van der Waals surface area (Å²) in [5, 5.41) is 6.17. The number of nitrogens with one attached hydrogen (secondary N) is 2. The third-order valence-electron chi connectivity index (χ3n) is 4.69. The number of halogens is 1. The third kappa shape index (κ3) is 4.09. The number of benzene rings is 3. The molecule has 2 amide bonds. The molecule has 4 aromatic rings. The van der Waals surface area contributed by atoms with Gasteiger partial charge in [0.15, 0.2) is 5.58 Å². The van der Waals surface area contributed by atoms with Gasteiger partial charge >= 0.3 is 6.03 Å². The summed E-state index contributed by atoms with van der Waals surface area (Å²) in [6.45, 7) is 3.89. The number of carbonyl (C=O) groups excluding carboxylic acids is 1. The number of fused-ring (bicyclic) bond motifs is 1. The molecule has 30 heavy (non-hydrogen) atoms. The Balaban J connectivity index is 1.62. The van der Waals surface area contributed by atoms with Gasteiger partial charge in [-0.2, -0.15) is 0 Å². The predicted octanol–water partition coefficient (Wildman–Crippen LogP) is 6.42. The van der Waals surface area contributed by atoms with Crippen LogP contribution >= 0.6 is 11.6 Å². The number of oxazole rings is 1. The van der Waals surface area contributed by atoms with E-state index in [1.807, 2.05) is 44.2 Å². The molecule has 0 aliphatic carbocycles. The molecule has 7 heteroatoms. The van der Waals surface area contributed by atoms with Crippen LogP contribution in [0.15, 0.2) is 59.0 Å². The van der Waals surface area contributed by atoms with Gasteiger partial charge in [-0.05, 0) is 67.4 Å². The van der Waals surface area contributed by atoms with Crippen LogP contribution < -0.4 is 15.4 Å². The number of hydrogen-bond acceptors (Lipinski definition) is 4. The molecule has 0 saturated carbocycles. The van der Waals surface area contributed by atoms with Gasteiger partial charge in [0.25, 0.3) is 0 Å². The summed E-state index contributed by atoms with van der Waals surface area (Å²) >= 11 is 6.03. The minimum Gasteiger partial charge on any atom is -0.495 e. The zero-order valence-electron chi connectivity index (χ0n) is 16.7. The number of carbonyl (C=O) groups is 1. The van der Waals surface area contributed by atoms with Crippen LogP contribution in [0.5, 0.6) is 5.75 Å². The lowest BCUT2D eigenvalue weighted by atomic mass is 10.2. The van der Waals surface area contributed by atoms with Crippen LogP contribution in [-0.4, -0.2) is 18.1 Å². The highest BCUT2D eigenvalue weighted by molar-refractivity contribution is 6.31. The van der Waals surface area contributed by atoms with Crippen LogP contribution in [0.3, 0.4) is 0 Å². The number of aryl methyl sites for hydroxylation is 2. The molecule has 0 radical (unpaired) electrons. The van der Waals surface area contributed by atoms with Gasteiger partial charge < -0.3 is 19.8 Å². The zero-order valence-corrected chi connectivity index (χ0v) is 17.5. The van der Waals surface area contributed by atoms with E-state index in [1.54, 1.807) is 31.4 Å². The number of aromatic nitrogens is 1. The molecule has 0 saturated heterocycles. The first-order valence-corrected chi connectivity index (χ1v) is 9.70. The van der Waals surface area contributed by atoms with Gasteiger partial charge in [0.1, 0.15) is 11.3 Å². The molecular weight excluding hydrogens is 402 g/mol. The van der Waals surface area contributed by atoms with Gasteiger partial charge in [0, 0.05) is 16.3 Å². The van der Waals surface area contributed by atoms with Crippen LogP contribution in [-0.2, 0) is 0 Å². The van der Waals surface area contributed by atoms with E-state index in [-0.39, 0.29) is 0 Å². The normalized spacial score (nSPS) is 10.8. The fraction of sp³-hybridized carbons (Fsp3) is 0.130. The second kappa shape index (κ2) is 8.08. The summed E-state index contributed by atoms with van der Waals surface area (Å²) in [6.07, 6.45) is 0. The quantitative estimate of drug-likeness (QED) is 0.398. The summed E-state index contributed by atoms with van der Waals surface area (Å²) in [7, 11) is 1.54. The first kappa shape index (κ1) is 19.8. The van der Waals surface area contributed by atoms with E-state index in [1.165, 1.54) is 0 Å². The lowest BCUT2D eigenvalue weighted by Gasteiger charge is -2.13. The Labute approximate surface area is 178 Å². The lowest BCUT2D eigenvalue weighted by Crippen LogP contribution is -2.20. The Bertz CT molecular complexity index is 1250. The van der Waals surface area contributed by atoms with Crippen molar-refractivity contribution >= 4 is 40.1 Å². The summed E-state index contributed by atoms with van der Waals surface area (Å²) in [6, 6.07) is 16.1. The van der Waals surface area contributed by atoms with Crippen LogP contribution in [0.2, 0.25) is 5.02 Å². The highest BCUT2D eigenvalue weighted by atomic mass is 35.5. The maximum atomic E-state index is 12.6. The summed E-state index contributed by atoms with van der Waals surface area (Å²) in [4.78, 5) is 17.1. The molecule has 3 aromatic carbocycles. The highest BCUT2D eigenvalue weighted by Crippen LogP contribution is 2.32. The van der Waals surface area contributed by atoms with Gasteiger partial charge in [0.2, 0.25) is 5.89 Å². The van der Waals surface area contributed by atoms with E-state index in [2.05, 4.69) is 15.6 Å². The van der Waals surface area contributed by atoms with Crippen LogP contribution in [0.25, 0.3) is 22.6 Å². The van der Waals surface area contributed by atoms with E-state index in [4.69, 9.17) is 20.8 Å². The number of rotatable bonds is 4. The maximum Gasteiger partial charge on any atom is 0.323 e. The van der Waals surface area contributed by atoms with Crippen molar-refractivity contribution < 1.29 is 13.9 Å². The molecular formula is C23H20ClN3O3. The zero-order chi connectivity index (χ0) is 21.3. The number of ether oxygens (including phenoxy) is 1. The minimum atomic E-state index is -0.413. The molecule has 4 rings (SSSR count). The van der Waals surface area contributed by atoms with Gasteiger partial charge in [-0.25, -0.2) is 9.78 Å². The van der Waals surface area contributed by atoms with E-state index >= 15 is 0 Å². The average molecular weight is 422 g/mol. The number of nitrogens with zero attached hydrogens (tertiary/aromatic N) is 1. The molecule has 1 aromatic heterocycles. The third-order valence-corrected chi connectivity index (χ3v) is 4.92. The van der Waals surface area contributed by atoms with Crippen molar-refractivity contribution in [2.45, 2.75) is 13.8 Å². The summed E-state index contributed by atoms with van der Waals surface area (Å²) in [5.41, 5.74) is 5.33. The van der Waals surface area contributed by atoms with E-state index in [0.717, 1.165) is 22.2 Å². The monoisotopic (exact) mass is 421 g/mol. The molecule has 2 N–H and O–H groups in total. The number of urea groups is 1. The van der Waals surface area contributed by atoms with Gasteiger partial charge in [0.05, 0.1) is 12.8 Å². The molecule has 0 fully saturated rings. The Morgan fingerprint density at radius 3 is 2.60 bits per heavy atom. The Kier molecular flexibility index (Phi) is 5.33. The first-order chi connectivity index (χ1) is 14.4. The van der Waals surface area contributed by atoms with Gasteiger partial charge in [-0.1, -0.05) is 23.7 Å². The fourth-order valence-corrected chi connectivity index (χ4v) is 3.28. The van der Waals surface area contributed by atoms with Crippen molar-refractivity contribution in [2.75, 3.05) is 17.7 Å². The Hall–Kier alpha value is -3.51. The molecule has 0 spiro atoms. The van der Waals surface area contributed by atoms with Gasteiger partial charge in [-0.3, -0.25) is 0 Å². The van der Waals surface area contributed by atoms with Gasteiger partial charge in [-0.15, -0.1) is 0 Å². The molecule has 0 unspecified atom stereocenters. The largest absolute Gasteiger partial charge is 0.495 e. The topological polar surface area (TPSA) is 76.4 Å². The highest BCUT2D eigenvalue weighted by Gasteiger charge is 2.14. The molecule has 0 aliphatic rings. The smallest absolute Gasteiger partial charge is 0.323 e. The molecule has 0 aliphatic heterocycles. The van der Waals surface area contributed by atoms with Crippen molar-refractivity contribution in [3.05, 3.63) is 70.7 Å². The average Bonchev–Trinajstić information content (AvgIpc) is 3.14. The second-order valence-corrected chi connectivity index (χ2v) is 7.38. The second-order valence-electron chi connectivity index (χ2n) is 6.94. The van der Waals surface area contributed by atoms with Crippen LogP contribution in [0.4, 0.5) is 16.2 Å². The molecule has 0 bridgehead atoms. The van der Waals surface area contributed by atoms with Crippen molar-refractivity contribution in [1.29, 1.82) is 0 Å². The van der Waals surface area contributed by atoms with Crippen LogP contribution in [0, 0.1) is 13.8 Å². The molecule has 0 atom stereocenters. The van der Waals surface area contributed by atoms with Crippen molar-refractivity contribution in [3.8, 4) is 17.2 Å². The lowest BCUT2D eigenvalue weighted by molar-refractivity contribution is 0.262. The number of hydrogen-bond donors (Lipinski definition) is 2.